The van der Waals surface area contributed by atoms with Gasteiger partial charge in [0.05, 0.1) is 20.3 Å². The largest absolute Gasteiger partial charge is 0.493 e. The summed E-state index contributed by atoms with van der Waals surface area (Å²) in [6.45, 7) is 2.93. The molecule has 1 aliphatic heterocycles. The normalized spacial score (nSPS) is 23.6. The van der Waals surface area contributed by atoms with Gasteiger partial charge in [-0.3, -0.25) is 0 Å². The monoisotopic (exact) mass is 343 g/mol. The fourth-order valence-corrected chi connectivity index (χ4v) is 3.44. The van der Waals surface area contributed by atoms with Crippen LogP contribution in [0.2, 0.25) is 0 Å². The van der Waals surface area contributed by atoms with Gasteiger partial charge in [-0.2, -0.15) is 0 Å². The Morgan fingerprint density at radius 1 is 1.35 bits per heavy atom. The van der Waals surface area contributed by atoms with Gasteiger partial charge in [0, 0.05) is 23.0 Å². The summed E-state index contributed by atoms with van der Waals surface area (Å²) in [5.41, 5.74) is 7.51. The zero-order valence-corrected chi connectivity index (χ0v) is 13.8. The Balaban J connectivity index is 2.31. The fourth-order valence-electron chi connectivity index (χ4n) is 2.85. The van der Waals surface area contributed by atoms with Crippen molar-refractivity contribution < 1.29 is 14.2 Å². The lowest BCUT2D eigenvalue weighted by atomic mass is 9.87. The Morgan fingerprint density at radius 3 is 2.60 bits per heavy atom. The molecule has 2 N–H and O–H groups in total. The van der Waals surface area contributed by atoms with Crippen molar-refractivity contribution >= 4 is 15.9 Å². The molecule has 0 saturated carbocycles. The van der Waals surface area contributed by atoms with Crippen LogP contribution in [-0.2, 0) is 4.74 Å². The molecule has 1 heterocycles. The van der Waals surface area contributed by atoms with Crippen LogP contribution in [0, 0.1) is 5.92 Å². The second kappa shape index (κ2) is 6.78. The number of benzene rings is 1. The van der Waals surface area contributed by atoms with Crippen LogP contribution in [0.15, 0.2) is 16.6 Å². The molecule has 1 aromatic carbocycles. The maximum absolute atomic E-state index is 6.48. The van der Waals surface area contributed by atoms with E-state index in [-0.39, 0.29) is 12.1 Å². The fraction of sp³-hybridized carbons (Fsp3) is 0.600. The molecule has 0 radical (unpaired) electrons. The molecule has 1 aliphatic rings. The van der Waals surface area contributed by atoms with Crippen LogP contribution in [0.25, 0.3) is 0 Å². The van der Waals surface area contributed by atoms with Crippen molar-refractivity contribution in [3.8, 4) is 11.5 Å². The number of halogens is 1. The molecule has 2 rings (SSSR count). The molecule has 0 bridgehead atoms. The van der Waals surface area contributed by atoms with Gasteiger partial charge >= 0.3 is 0 Å². The van der Waals surface area contributed by atoms with Crippen molar-refractivity contribution in [2.45, 2.75) is 31.9 Å². The Kier molecular flexibility index (Phi) is 5.29. The van der Waals surface area contributed by atoms with Gasteiger partial charge in [-0.05, 0) is 30.5 Å². The minimum atomic E-state index is -0.0726. The molecule has 3 unspecified atom stereocenters. The molecule has 0 amide bonds. The second-order valence-corrected chi connectivity index (χ2v) is 5.88. The highest BCUT2D eigenvalue weighted by molar-refractivity contribution is 9.10. The Hall–Kier alpha value is -0.780. The van der Waals surface area contributed by atoms with E-state index in [1.807, 2.05) is 12.1 Å². The summed E-state index contributed by atoms with van der Waals surface area (Å²) in [5, 5.41) is 0. The van der Waals surface area contributed by atoms with Crippen molar-refractivity contribution in [3.05, 3.63) is 22.2 Å². The van der Waals surface area contributed by atoms with Crippen LogP contribution < -0.4 is 15.2 Å². The van der Waals surface area contributed by atoms with Gasteiger partial charge in [0.15, 0.2) is 11.5 Å². The zero-order chi connectivity index (χ0) is 14.7. The second-order valence-electron chi connectivity index (χ2n) is 5.02. The first-order valence-electron chi connectivity index (χ1n) is 6.91. The third kappa shape index (κ3) is 2.95. The lowest BCUT2D eigenvalue weighted by molar-refractivity contribution is 0.0812. The van der Waals surface area contributed by atoms with E-state index in [1.54, 1.807) is 14.2 Å². The summed E-state index contributed by atoms with van der Waals surface area (Å²) in [6.07, 6.45) is 2.23. The van der Waals surface area contributed by atoms with E-state index >= 15 is 0 Å². The third-order valence-electron chi connectivity index (χ3n) is 3.99. The number of hydrogen-bond acceptors (Lipinski definition) is 4. The van der Waals surface area contributed by atoms with E-state index in [4.69, 9.17) is 19.9 Å². The quantitative estimate of drug-likeness (QED) is 0.891. The van der Waals surface area contributed by atoms with Crippen LogP contribution in [0.3, 0.4) is 0 Å². The lowest BCUT2D eigenvalue weighted by Gasteiger charge is -2.25. The minimum absolute atomic E-state index is 0.0726. The Labute approximate surface area is 128 Å². The summed E-state index contributed by atoms with van der Waals surface area (Å²) in [7, 11) is 3.26. The summed E-state index contributed by atoms with van der Waals surface area (Å²) in [6, 6.07) is 3.79. The van der Waals surface area contributed by atoms with Crippen molar-refractivity contribution in [1.29, 1.82) is 0 Å². The van der Waals surface area contributed by atoms with Gasteiger partial charge in [-0.1, -0.05) is 22.9 Å². The first kappa shape index (κ1) is 15.6. The standard InChI is InChI=1S/C15H22BrNO3/c1-4-12-9(5-6-20-12)15(17)10-7-13(18-2)14(19-3)8-11(10)16/h7-9,12,15H,4-6,17H2,1-3H3. The highest BCUT2D eigenvalue weighted by atomic mass is 79.9. The molecule has 0 aromatic heterocycles. The number of ether oxygens (including phenoxy) is 3. The lowest BCUT2D eigenvalue weighted by Crippen LogP contribution is -2.28. The number of rotatable bonds is 5. The van der Waals surface area contributed by atoms with Crippen LogP contribution >= 0.6 is 15.9 Å². The zero-order valence-electron chi connectivity index (χ0n) is 12.2. The van der Waals surface area contributed by atoms with Gasteiger partial charge in [-0.25, -0.2) is 0 Å². The molecule has 1 fully saturated rings. The highest BCUT2D eigenvalue weighted by Crippen LogP contribution is 2.40. The number of nitrogens with two attached hydrogens (primary N) is 1. The maximum atomic E-state index is 6.48. The Bertz CT molecular complexity index is 467. The first-order valence-corrected chi connectivity index (χ1v) is 7.70. The highest BCUT2D eigenvalue weighted by Gasteiger charge is 2.33. The van der Waals surface area contributed by atoms with Crippen molar-refractivity contribution in [1.82, 2.24) is 0 Å². The van der Waals surface area contributed by atoms with E-state index in [2.05, 4.69) is 22.9 Å². The van der Waals surface area contributed by atoms with Crippen LogP contribution in [0.1, 0.15) is 31.4 Å². The molecular weight excluding hydrogens is 322 g/mol. The molecule has 4 nitrogen and oxygen atoms in total. The van der Waals surface area contributed by atoms with Gasteiger partial charge < -0.3 is 19.9 Å². The predicted molar refractivity (Wildman–Crippen MR) is 82.3 cm³/mol. The topological polar surface area (TPSA) is 53.7 Å². The molecule has 5 heteroatoms. The molecule has 1 saturated heterocycles. The number of hydrogen-bond donors (Lipinski definition) is 1. The van der Waals surface area contributed by atoms with E-state index in [0.717, 1.165) is 29.5 Å². The van der Waals surface area contributed by atoms with Crippen molar-refractivity contribution in [2.75, 3.05) is 20.8 Å². The van der Waals surface area contributed by atoms with E-state index in [1.165, 1.54) is 0 Å². The van der Waals surface area contributed by atoms with Gasteiger partial charge in [-0.15, -0.1) is 0 Å². The van der Waals surface area contributed by atoms with Crippen molar-refractivity contribution in [2.24, 2.45) is 11.7 Å². The van der Waals surface area contributed by atoms with E-state index in [9.17, 15) is 0 Å². The molecule has 0 aliphatic carbocycles. The molecular formula is C15H22BrNO3. The van der Waals surface area contributed by atoms with Gasteiger partial charge in [0.1, 0.15) is 0 Å². The molecule has 112 valence electrons. The van der Waals surface area contributed by atoms with Gasteiger partial charge in [0.2, 0.25) is 0 Å². The van der Waals surface area contributed by atoms with E-state index in [0.29, 0.717) is 17.4 Å². The summed E-state index contributed by atoms with van der Waals surface area (Å²) in [5.74, 6) is 1.74. The summed E-state index contributed by atoms with van der Waals surface area (Å²) >= 11 is 3.58. The van der Waals surface area contributed by atoms with Crippen LogP contribution in [0.5, 0.6) is 11.5 Å². The minimum Gasteiger partial charge on any atom is -0.493 e. The summed E-state index contributed by atoms with van der Waals surface area (Å²) < 4.78 is 17.4. The summed E-state index contributed by atoms with van der Waals surface area (Å²) in [4.78, 5) is 0. The predicted octanol–water partition coefficient (Wildman–Crippen LogP) is 3.28. The maximum Gasteiger partial charge on any atom is 0.161 e. The van der Waals surface area contributed by atoms with Crippen LogP contribution in [-0.4, -0.2) is 26.9 Å². The van der Waals surface area contributed by atoms with Gasteiger partial charge in [0.25, 0.3) is 0 Å². The third-order valence-corrected chi connectivity index (χ3v) is 4.67. The number of methoxy groups -OCH3 is 2. The molecule has 20 heavy (non-hydrogen) atoms. The van der Waals surface area contributed by atoms with Crippen molar-refractivity contribution in [3.63, 3.8) is 0 Å². The smallest absolute Gasteiger partial charge is 0.161 e. The average Bonchev–Trinajstić information content (AvgIpc) is 2.94. The van der Waals surface area contributed by atoms with Crippen LogP contribution in [0.4, 0.5) is 0 Å². The molecule has 0 spiro atoms. The molecule has 1 aromatic rings. The first-order chi connectivity index (χ1) is 9.62. The average molecular weight is 344 g/mol. The Morgan fingerprint density at radius 2 is 2.00 bits per heavy atom. The molecule has 3 atom stereocenters. The van der Waals surface area contributed by atoms with E-state index < -0.39 is 0 Å². The SMILES string of the molecule is CCC1OCCC1C(N)c1cc(OC)c(OC)cc1Br.